The number of aromatic nitrogens is 2. The van der Waals surface area contributed by atoms with Gasteiger partial charge in [-0.2, -0.15) is 5.10 Å². The molecule has 0 saturated carbocycles. The molecule has 21 heavy (non-hydrogen) atoms. The van der Waals surface area contributed by atoms with Crippen LogP contribution in [-0.4, -0.2) is 28.3 Å². The molecule has 2 aromatic rings. The number of carbonyl (C=O) groups is 1. The lowest BCUT2D eigenvalue weighted by Gasteiger charge is -2.15. The number of amides is 1. The van der Waals surface area contributed by atoms with E-state index in [-0.39, 0.29) is 12.0 Å². The van der Waals surface area contributed by atoms with E-state index in [1.165, 1.54) is 0 Å². The summed E-state index contributed by atoms with van der Waals surface area (Å²) in [6.07, 6.45) is 1.30. The van der Waals surface area contributed by atoms with Gasteiger partial charge in [-0.15, -0.1) is 0 Å². The van der Waals surface area contributed by atoms with E-state index in [0.29, 0.717) is 6.54 Å². The molecular weight excluding hydrogens is 266 g/mol. The fourth-order valence-corrected chi connectivity index (χ4v) is 2.10. The number of ether oxygens (including phenoxy) is 1. The first kappa shape index (κ1) is 15.3. The summed E-state index contributed by atoms with van der Waals surface area (Å²) in [4.78, 5) is 12.0. The predicted molar refractivity (Wildman–Crippen MR) is 81.6 cm³/mol. The van der Waals surface area contributed by atoms with Crippen molar-refractivity contribution in [1.29, 1.82) is 0 Å². The largest absolute Gasteiger partial charge is 0.366 e. The quantitative estimate of drug-likeness (QED) is 0.858. The fourth-order valence-electron chi connectivity index (χ4n) is 2.10. The molecule has 1 heterocycles. The summed E-state index contributed by atoms with van der Waals surface area (Å²) in [5.41, 5.74) is 2.92. The monoisotopic (exact) mass is 287 g/mol. The third-order valence-electron chi connectivity index (χ3n) is 3.08. The number of rotatable bonds is 6. The van der Waals surface area contributed by atoms with Crippen LogP contribution in [0.3, 0.4) is 0 Å². The van der Waals surface area contributed by atoms with E-state index in [2.05, 4.69) is 15.5 Å². The van der Waals surface area contributed by atoms with Gasteiger partial charge in [-0.25, -0.2) is 0 Å². The zero-order valence-corrected chi connectivity index (χ0v) is 12.6. The van der Waals surface area contributed by atoms with Crippen molar-refractivity contribution in [3.05, 3.63) is 42.1 Å². The summed E-state index contributed by atoms with van der Waals surface area (Å²) in [7, 11) is 0. The lowest BCUT2D eigenvalue weighted by molar-refractivity contribution is -0.134. The minimum atomic E-state index is -0.461. The van der Waals surface area contributed by atoms with Crippen LogP contribution in [0.15, 0.2) is 36.5 Å². The van der Waals surface area contributed by atoms with Crippen LogP contribution in [0.25, 0.3) is 11.3 Å². The van der Waals surface area contributed by atoms with Gasteiger partial charge in [0.15, 0.2) is 0 Å². The van der Waals surface area contributed by atoms with Gasteiger partial charge in [0.1, 0.15) is 6.10 Å². The summed E-state index contributed by atoms with van der Waals surface area (Å²) in [6.45, 7) is 5.99. The van der Waals surface area contributed by atoms with Crippen molar-refractivity contribution in [3.63, 3.8) is 0 Å². The normalized spacial score (nSPS) is 12.4. The van der Waals surface area contributed by atoms with Crippen LogP contribution in [-0.2, 0) is 16.1 Å². The molecule has 0 aliphatic heterocycles. The van der Waals surface area contributed by atoms with E-state index in [1.807, 2.05) is 44.2 Å². The van der Waals surface area contributed by atoms with Gasteiger partial charge in [0, 0.05) is 12.1 Å². The molecule has 0 saturated heterocycles. The zero-order chi connectivity index (χ0) is 15.2. The minimum Gasteiger partial charge on any atom is -0.366 e. The summed E-state index contributed by atoms with van der Waals surface area (Å²) in [5, 5.41) is 9.91. The van der Waals surface area contributed by atoms with E-state index in [0.717, 1.165) is 16.8 Å². The Bertz CT molecular complexity index is 578. The molecule has 112 valence electrons. The summed E-state index contributed by atoms with van der Waals surface area (Å²) >= 11 is 0. The molecule has 1 unspecified atom stereocenters. The first-order valence-corrected chi connectivity index (χ1v) is 7.08. The molecule has 5 nitrogen and oxygen atoms in total. The Labute approximate surface area is 124 Å². The van der Waals surface area contributed by atoms with Gasteiger partial charge in [-0.1, -0.05) is 30.3 Å². The van der Waals surface area contributed by atoms with Gasteiger partial charge >= 0.3 is 0 Å². The second-order valence-corrected chi connectivity index (χ2v) is 5.18. The summed E-state index contributed by atoms with van der Waals surface area (Å²) in [6, 6.07) is 9.91. The van der Waals surface area contributed by atoms with Crippen LogP contribution in [0.1, 0.15) is 26.3 Å². The lowest BCUT2D eigenvalue weighted by Crippen LogP contribution is -2.35. The number of nitrogens with one attached hydrogen (secondary N) is 2. The van der Waals surface area contributed by atoms with E-state index < -0.39 is 6.10 Å². The second-order valence-electron chi connectivity index (χ2n) is 5.18. The van der Waals surface area contributed by atoms with Crippen LogP contribution in [0.2, 0.25) is 0 Å². The highest BCUT2D eigenvalue weighted by Crippen LogP contribution is 2.20. The number of benzene rings is 1. The maximum atomic E-state index is 12.0. The van der Waals surface area contributed by atoms with Crippen LogP contribution in [0.4, 0.5) is 0 Å². The van der Waals surface area contributed by atoms with E-state index in [4.69, 9.17) is 4.74 Å². The molecule has 1 amide bonds. The Morgan fingerprint density at radius 1 is 1.29 bits per heavy atom. The van der Waals surface area contributed by atoms with Crippen molar-refractivity contribution < 1.29 is 9.53 Å². The van der Waals surface area contributed by atoms with Gasteiger partial charge in [0.25, 0.3) is 0 Å². The van der Waals surface area contributed by atoms with Gasteiger partial charge in [0.2, 0.25) is 5.91 Å². The van der Waals surface area contributed by atoms with Crippen molar-refractivity contribution in [1.82, 2.24) is 15.5 Å². The zero-order valence-electron chi connectivity index (χ0n) is 12.6. The maximum absolute atomic E-state index is 12.0. The minimum absolute atomic E-state index is 0.0274. The van der Waals surface area contributed by atoms with Gasteiger partial charge < -0.3 is 10.1 Å². The maximum Gasteiger partial charge on any atom is 0.249 e. The van der Waals surface area contributed by atoms with Gasteiger partial charge in [0.05, 0.1) is 18.0 Å². The number of hydrogen-bond donors (Lipinski definition) is 2. The molecule has 5 heteroatoms. The van der Waals surface area contributed by atoms with Gasteiger partial charge in [-0.3, -0.25) is 9.89 Å². The molecule has 0 aliphatic carbocycles. The molecular formula is C16H21N3O2. The Kier molecular flexibility index (Phi) is 5.11. The van der Waals surface area contributed by atoms with E-state index in [1.54, 1.807) is 13.1 Å². The average molecular weight is 287 g/mol. The van der Waals surface area contributed by atoms with Crippen molar-refractivity contribution in [2.75, 3.05) is 0 Å². The third-order valence-corrected chi connectivity index (χ3v) is 3.08. The van der Waals surface area contributed by atoms with Crippen molar-refractivity contribution in [2.24, 2.45) is 0 Å². The average Bonchev–Trinajstić information content (AvgIpc) is 2.93. The first-order valence-electron chi connectivity index (χ1n) is 7.08. The first-order chi connectivity index (χ1) is 10.1. The predicted octanol–water partition coefficient (Wildman–Crippen LogP) is 2.51. The molecule has 1 aromatic heterocycles. The van der Waals surface area contributed by atoms with Crippen molar-refractivity contribution in [2.45, 2.75) is 39.5 Å². The van der Waals surface area contributed by atoms with Crippen LogP contribution in [0.5, 0.6) is 0 Å². The highest BCUT2D eigenvalue weighted by atomic mass is 16.5. The van der Waals surface area contributed by atoms with E-state index >= 15 is 0 Å². The summed E-state index contributed by atoms with van der Waals surface area (Å²) < 4.78 is 5.46. The van der Waals surface area contributed by atoms with Crippen LogP contribution in [0, 0.1) is 0 Å². The Morgan fingerprint density at radius 2 is 2.00 bits per heavy atom. The van der Waals surface area contributed by atoms with E-state index in [9.17, 15) is 4.79 Å². The molecule has 0 spiro atoms. The molecule has 2 rings (SSSR count). The molecule has 2 N–H and O–H groups in total. The molecule has 0 fully saturated rings. The molecule has 1 aromatic carbocycles. The molecule has 0 aliphatic rings. The molecule has 0 bridgehead atoms. The van der Waals surface area contributed by atoms with Crippen LogP contribution < -0.4 is 5.32 Å². The SMILES string of the molecule is CC(C)OC(C)C(=O)NCc1cn[nH]c1-c1ccccc1. The highest BCUT2D eigenvalue weighted by Gasteiger charge is 2.15. The number of carbonyl (C=O) groups excluding carboxylic acids is 1. The van der Waals surface area contributed by atoms with Gasteiger partial charge in [-0.05, 0) is 26.3 Å². The third kappa shape index (κ3) is 4.16. The fraction of sp³-hybridized carbons (Fsp3) is 0.375. The Hall–Kier alpha value is -2.14. The molecule has 0 radical (unpaired) electrons. The Balaban J connectivity index is 1.99. The standard InChI is InChI=1S/C16H21N3O2/c1-11(2)21-12(3)16(20)17-9-14-10-18-19-15(14)13-7-5-4-6-8-13/h4-8,10-12H,9H2,1-3H3,(H,17,20)(H,18,19). The Morgan fingerprint density at radius 3 is 2.67 bits per heavy atom. The van der Waals surface area contributed by atoms with Crippen molar-refractivity contribution in [3.8, 4) is 11.3 Å². The number of nitrogens with zero attached hydrogens (tertiary/aromatic N) is 1. The number of H-pyrrole nitrogens is 1. The van der Waals surface area contributed by atoms with Crippen LogP contribution >= 0.6 is 0 Å². The lowest BCUT2D eigenvalue weighted by atomic mass is 10.1. The number of hydrogen-bond acceptors (Lipinski definition) is 3. The molecule has 1 atom stereocenters. The highest BCUT2D eigenvalue weighted by molar-refractivity contribution is 5.80. The second kappa shape index (κ2) is 7.04. The van der Waals surface area contributed by atoms with Crippen molar-refractivity contribution >= 4 is 5.91 Å². The topological polar surface area (TPSA) is 67.0 Å². The summed E-state index contributed by atoms with van der Waals surface area (Å²) in [5.74, 6) is -0.121. The smallest absolute Gasteiger partial charge is 0.249 e. The number of aromatic amines is 1.